The first kappa shape index (κ1) is 24.5. The van der Waals surface area contributed by atoms with E-state index in [0.717, 1.165) is 12.8 Å². The van der Waals surface area contributed by atoms with E-state index in [9.17, 15) is 24.3 Å². The Balaban J connectivity index is 1.85. The number of hydrogen-bond acceptors (Lipinski definition) is 5. The molecule has 0 saturated heterocycles. The molecule has 32 heavy (non-hydrogen) atoms. The van der Waals surface area contributed by atoms with Crippen LogP contribution in [0.3, 0.4) is 0 Å². The Morgan fingerprint density at radius 1 is 0.812 bits per heavy atom. The minimum atomic E-state index is -1.19. The minimum Gasteiger partial charge on any atom is -0.479 e. The summed E-state index contributed by atoms with van der Waals surface area (Å²) in [5.41, 5.74) is 2.70. The van der Waals surface area contributed by atoms with Crippen LogP contribution in [0.5, 0.6) is 0 Å². The Morgan fingerprint density at radius 3 is 2.09 bits per heavy atom. The predicted molar refractivity (Wildman–Crippen MR) is 117 cm³/mol. The van der Waals surface area contributed by atoms with Crippen LogP contribution < -0.4 is 16.1 Å². The minimum absolute atomic E-state index is 0.205. The van der Waals surface area contributed by atoms with Gasteiger partial charge in [0.2, 0.25) is 11.8 Å². The van der Waals surface area contributed by atoms with Gasteiger partial charge in [-0.2, -0.15) is 0 Å². The lowest BCUT2D eigenvalue weighted by molar-refractivity contribution is -0.139. The van der Waals surface area contributed by atoms with Gasteiger partial charge in [0.05, 0.1) is 0 Å². The van der Waals surface area contributed by atoms with E-state index in [0.29, 0.717) is 24.1 Å². The molecule has 5 N–H and O–H groups in total. The quantitative estimate of drug-likeness (QED) is 0.194. The summed E-state index contributed by atoms with van der Waals surface area (Å²) in [6.45, 7) is 0. The highest BCUT2D eigenvalue weighted by Crippen LogP contribution is 2.16. The molecule has 0 aliphatic heterocycles. The van der Waals surface area contributed by atoms with Gasteiger partial charge >= 0.3 is 5.97 Å². The predicted octanol–water partition coefficient (Wildman–Crippen LogP) is 3.03. The average molecular weight is 441 g/mol. The molecule has 170 valence electrons. The van der Waals surface area contributed by atoms with Crippen molar-refractivity contribution in [1.82, 2.24) is 10.8 Å². The van der Waals surface area contributed by atoms with Gasteiger partial charge in [0.25, 0.3) is 5.91 Å². The SMILES string of the molecule is O=C(CCCCCCC(=O)Nc1cccc(C(=O)NC(C(=O)O)c2ccccc2)c1)NO. The van der Waals surface area contributed by atoms with E-state index in [1.807, 2.05) is 0 Å². The lowest BCUT2D eigenvalue weighted by Gasteiger charge is -2.15. The molecule has 1 atom stereocenters. The van der Waals surface area contributed by atoms with Crippen LogP contribution in [0, 0.1) is 0 Å². The first-order valence-corrected chi connectivity index (χ1v) is 10.3. The molecule has 0 aliphatic rings. The van der Waals surface area contributed by atoms with E-state index in [1.165, 1.54) is 12.1 Å². The molecule has 9 nitrogen and oxygen atoms in total. The van der Waals surface area contributed by atoms with Gasteiger partial charge in [-0.3, -0.25) is 19.6 Å². The number of aliphatic carboxylic acids is 1. The molecule has 1 unspecified atom stereocenters. The molecular weight excluding hydrogens is 414 g/mol. The summed E-state index contributed by atoms with van der Waals surface area (Å²) < 4.78 is 0. The number of rotatable bonds is 12. The Labute approximate surface area is 185 Å². The lowest BCUT2D eigenvalue weighted by atomic mass is 10.1. The molecule has 0 radical (unpaired) electrons. The van der Waals surface area contributed by atoms with Gasteiger partial charge in [-0.1, -0.05) is 49.2 Å². The summed E-state index contributed by atoms with van der Waals surface area (Å²) in [6, 6.07) is 13.5. The van der Waals surface area contributed by atoms with E-state index in [2.05, 4.69) is 10.6 Å². The normalized spacial score (nSPS) is 11.3. The van der Waals surface area contributed by atoms with Crippen LogP contribution in [0.4, 0.5) is 5.69 Å². The molecular formula is C23H27N3O6. The Bertz CT molecular complexity index is 932. The van der Waals surface area contributed by atoms with Crippen LogP contribution >= 0.6 is 0 Å². The van der Waals surface area contributed by atoms with Gasteiger partial charge in [-0.15, -0.1) is 0 Å². The zero-order valence-electron chi connectivity index (χ0n) is 17.5. The van der Waals surface area contributed by atoms with E-state index in [4.69, 9.17) is 5.21 Å². The van der Waals surface area contributed by atoms with Crippen molar-refractivity contribution in [3.63, 3.8) is 0 Å². The molecule has 2 aromatic rings. The molecule has 0 bridgehead atoms. The second-order valence-electron chi connectivity index (χ2n) is 7.23. The second-order valence-corrected chi connectivity index (χ2v) is 7.23. The fraction of sp³-hybridized carbons (Fsp3) is 0.304. The van der Waals surface area contributed by atoms with E-state index >= 15 is 0 Å². The van der Waals surface area contributed by atoms with Gasteiger partial charge in [-0.05, 0) is 36.6 Å². The van der Waals surface area contributed by atoms with Gasteiger partial charge in [0.15, 0.2) is 6.04 Å². The zero-order chi connectivity index (χ0) is 23.3. The number of unbranched alkanes of at least 4 members (excludes halogenated alkanes) is 3. The molecule has 9 heteroatoms. The van der Waals surface area contributed by atoms with E-state index < -0.39 is 23.8 Å². The highest BCUT2D eigenvalue weighted by molar-refractivity contribution is 5.99. The standard InChI is InChI=1S/C23H27N3O6/c27-19(13-6-1-2-7-14-20(28)26-32)24-18-12-8-11-17(15-18)22(29)25-21(23(30)31)16-9-4-3-5-10-16/h3-5,8-12,15,21,32H,1-2,6-7,13-14H2,(H,24,27)(H,25,29)(H,26,28)(H,30,31). The van der Waals surface area contributed by atoms with Crippen LogP contribution in [-0.2, 0) is 14.4 Å². The molecule has 2 aromatic carbocycles. The molecule has 0 aromatic heterocycles. The average Bonchev–Trinajstić information content (AvgIpc) is 2.79. The van der Waals surface area contributed by atoms with Crippen molar-refractivity contribution in [2.45, 2.75) is 44.6 Å². The number of carbonyl (C=O) groups is 4. The first-order valence-electron chi connectivity index (χ1n) is 10.3. The topological polar surface area (TPSA) is 145 Å². The number of amides is 3. The monoisotopic (exact) mass is 441 g/mol. The highest BCUT2D eigenvalue weighted by Gasteiger charge is 2.22. The summed E-state index contributed by atoms with van der Waals surface area (Å²) >= 11 is 0. The van der Waals surface area contributed by atoms with Crippen LogP contribution in [0.2, 0.25) is 0 Å². The summed E-state index contributed by atoms with van der Waals surface area (Å²) in [5.74, 6) is -2.37. The van der Waals surface area contributed by atoms with Crippen molar-refractivity contribution in [2.75, 3.05) is 5.32 Å². The van der Waals surface area contributed by atoms with Gasteiger partial charge in [-0.25, -0.2) is 10.3 Å². The van der Waals surface area contributed by atoms with Crippen molar-refractivity contribution in [3.8, 4) is 0 Å². The van der Waals surface area contributed by atoms with Crippen LogP contribution in [0.25, 0.3) is 0 Å². The first-order chi connectivity index (χ1) is 15.4. The molecule has 0 heterocycles. The lowest BCUT2D eigenvalue weighted by Crippen LogP contribution is -2.33. The fourth-order valence-electron chi connectivity index (χ4n) is 3.09. The number of carboxylic acid groups (broad SMARTS) is 1. The Hall–Kier alpha value is -3.72. The van der Waals surface area contributed by atoms with Crippen molar-refractivity contribution >= 4 is 29.4 Å². The summed E-state index contributed by atoms with van der Waals surface area (Å²) in [7, 11) is 0. The summed E-state index contributed by atoms with van der Waals surface area (Å²) in [6.07, 6.45) is 3.34. The van der Waals surface area contributed by atoms with E-state index in [1.54, 1.807) is 47.9 Å². The highest BCUT2D eigenvalue weighted by atomic mass is 16.5. The number of hydroxylamine groups is 1. The molecule has 0 aliphatic carbocycles. The van der Waals surface area contributed by atoms with Crippen LogP contribution in [0.15, 0.2) is 54.6 Å². The molecule has 2 rings (SSSR count). The van der Waals surface area contributed by atoms with Gasteiger partial charge < -0.3 is 15.7 Å². The third-order valence-electron chi connectivity index (χ3n) is 4.75. The smallest absolute Gasteiger partial charge is 0.330 e. The van der Waals surface area contributed by atoms with Crippen molar-refractivity contribution < 1.29 is 29.5 Å². The fourth-order valence-corrected chi connectivity index (χ4v) is 3.09. The number of anilines is 1. The van der Waals surface area contributed by atoms with Crippen LogP contribution in [0.1, 0.15) is 60.5 Å². The third-order valence-corrected chi connectivity index (χ3v) is 4.75. The number of benzene rings is 2. The van der Waals surface area contributed by atoms with Crippen molar-refractivity contribution in [2.24, 2.45) is 0 Å². The maximum atomic E-state index is 12.6. The number of hydrogen-bond donors (Lipinski definition) is 5. The van der Waals surface area contributed by atoms with E-state index in [-0.39, 0.29) is 24.3 Å². The van der Waals surface area contributed by atoms with Gasteiger partial charge in [0, 0.05) is 24.1 Å². The Kier molecular flexibility index (Phi) is 9.86. The largest absolute Gasteiger partial charge is 0.479 e. The number of carbonyl (C=O) groups excluding carboxylic acids is 3. The summed E-state index contributed by atoms with van der Waals surface area (Å²) in [5, 5.41) is 23.1. The number of carboxylic acids is 1. The molecule has 0 fully saturated rings. The molecule has 3 amide bonds. The second kappa shape index (κ2) is 12.9. The zero-order valence-corrected chi connectivity index (χ0v) is 17.5. The van der Waals surface area contributed by atoms with Crippen molar-refractivity contribution in [3.05, 3.63) is 65.7 Å². The van der Waals surface area contributed by atoms with Gasteiger partial charge in [0.1, 0.15) is 0 Å². The third kappa shape index (κ3) is 8.19. The molecule has 0 spiro atoms. The van der Waals surface area contributed by atoms with Crippen molar-refractivity contribution in [1.29, 1.82) is 0 Å². The maximum absolute atomic E-state index is 12.6. The summed E-state index contributed by atoms with van der Waals surface area (Å²) in [4.78, 5) is 47.2. The maximum Gasteiger partial charge on any atom is 0.330 e. The molecule has 0 saturated carbocycles. The number of nitrogens with one attached hydrogen (secondary N) is 3. The Morgan fingerprint density at radius 2 is 1.47 bits per heavy atom. The van der Waals surface area contributed by atoms with Crippen LogP contribution in [-0.4, -0.2) is 34.0 Å².